The lowest BCUT2D eigenvalue weighted by molar-refractivity contribution is -0.118. The number of anilines is 2. The number of hydrogen-bond acceptors (Lipinski definition) is 6. The summed E-state index contributed by atoms with van der Waals surface area (Å²) in [5.74, 6) is 0.621. The molecule has 2 aliphatic heterocycles. The lowest BCUT2D eigenvalue weighted by Gasteiger charge is -2.19. The number of carbonyl (C=O) groups excluding carboxylic acids is 2. The van der Waals surface area contributed by atoms with E-state index in [0.29, 0.717) is 42.4 Å². The first-order valence-corrected chi connectivity index (χ1v) is 9.49. The number of nitrogens with one attached hydrogen (secondary N) is 1. The number of fused-ring (bicyclic) bond motifs is 3. The average Bonchev–Trinajstić information content (AvgIpc) is 3.26. The van der Waals surface area contributed by atoms with E-state index < -0.39 is 30.5 Å². The van der Waals surface area contributed by atoms with Crippen LogP contribution in [0.5, 0.6) is 5.75 Å². The number of nitrogens with two attached hydrogens (primary N) is 1. The maximum atomic E-state index is 13.3. The van der Waals surface area contributed by atoms with Crippen molar-refractivity contribution in [2.24, 2.45) is 5.73 Å². The smallest absolute Gasteiger partial charge is 0.416 e. The van der Waals surface area contributed by atoms with Crippen molar-refractivity contribution in [1.29, 1.82) is 0 Å². The van der Waals surface area contributed by atoms with Crippen LogP contribution in [0, 0.1) is 0 Å². The van der Waals surface area contributed by atoms with Gasteiger partial charge in [-0.3, -0.25) is 4.79 Å². The maximum Gasteiger partial charge on any atom is 0.416 e. The summed E-state index contributed by atoms with van der Waals surface area (Å²) < 4.78 is 39.1. The van der Waals surface area contributed by atoms with E-state index in [1.54, 1.807) is 31.3 Å². The molecular formula is C19H21F2N5O4. The predicted molar refractivity (Wildman–Crippen MR) is 104 cm³/mol. The maximum absolute atomic E-state index is 13.3. The molecule has 9 nitrogen and oxygen atoms in total. The van der Waals surface area contributed by atoms with Crippen molar-refractivity contribution in [3.8, 4) is 17.1 Å². The average molecular weight is 421 g/mol. The number of rotatable bonds is 5. The van der Waals surface area contributed by atoms with Gasteiger partial charge in [0.05, 0.1) is 12.2 Å². The summed E-state index contributed by atoms with van der Waals surface area (Å²) in [6.07, 6.45) is -1.37. The summed E-state index contributed by atoms with van der Waals surface area (Å²) in [7, 11) is 0. The minimum Gasteiger partial charge on any atom is -0.493 e. The standard InChI is InChI=1S/C19H21F2N5O4/c1-10(17(22)27)23-11-3-4-12-14(7-11)29-6-2-5-25-8-15(24-18(12)25)26-13(16(20)21)9-30-19(26)28/h3-4,7-8,10,13,16,23H,2,5-6,9H2,1H3,(H2,22,27)/t10-,13?/m0/s1. The summed E-state index contributed by atoms with van der Waals surface area (Å²) in [5.41, 5.74) is 6.57. The highest BCUT2D eigenvalue weighted by Crippen LogP contribution is 2.36. The van der Waals surface area contributed by atoms with Gasteiger partial charge in [-0.25, -0.2) is 23.5 Å². The molecule has 1 aromatic heterocycles. The van der Waals surface area contributed by atoms with Crippen LogP contribution in [0.4, 0.5) is 25.1 Å². The van der Waals surface area contributed by atoms with Gasteiger partial charge in [0.25, 0.3) is 6.43 Å². The second kappa shape index (κ2) is 7.81. The quantitative estimate of drug-likeness (QED) is 0.766. The minimum absolute atomic E-state index is 0.107. The van der Waals surface area contributed by atoms with Crippen molar-refractivity contribution in [2.75, 3.05) is 23.4 Å². The van der Waals surface area contributed by atoms with Crippen molar-refractivity contribution in [2.45, 2.75) is 38.4 Å². The zero-order chi connectivity index (χ0) is 21.4. The third kappa shape index (κ3) is 3.62. The Labute approximate surface area is 170 Å². The Hall–Kier alpha value is -3.37. The van der Waals surface area contributed by atoms with Crippen LogP contribution >= 0.6 is 0 Å². The number of primary amides is 1. The van der Waals surface area contributed by atoms with Crippen molar-refractivity contribution in [1.82, 2.24) is 9.55 Å². The van der Waals surface area contributed by atoms with Crippen molar-refractivity contribution < 1.29 is 27.8 Å². The molecule has 2 amide bonds. The van der Waals surface area contributed by atoms with Crippen molar-refractivity contribution >= 4 is 23.5 Å². The molecule has 4 rings (SSSR count). The zero-order valence-electron chi connectivity index (χ0n) is 16.2. The van der Waals surface area contributed by atoms with E-state index in [1.807, 2.05) is 4.57 Å². The summed E-state index contributed by atoms with van der Waals surface area (Å²) >= 11 is 0. The number of nitrogens with zero attached hydrogens (tertiary/aromatic N) is 3. The van der Waals surface area contributed by atoms with E-state index in [9.17, 15) is 18.4 Å². The minimum atomic E-state index is -2.75. The van der Waals surface area contributed by atoms with Gasteiger partial charge in [0, 0.05) is 24.5 Å². The molecule has 1 fully saturated rings. The van der Waals surface area contributed by atoms with E-state index in [-0.39, 0.29) is 12.4 Å². The van der Waals surface area contributed by atoms with Crippen LogP contribution in [0.2, 0.25) is 0 Å². The summed E-state index contributed by atoms with van der Waals surface area (Å²) in [6.45, 7) is 2.24. The highest BCUT2D eigenvalue weighted by atomic mass is 19.3. The first-order chi connectivity index (χ1) is 14.3. The largest absolute Gasteiger partial charge is 0.493 e. The van der Waals surface area contributed by atoms with Gasteiger partial charge in [-0.15, -0.1) is 0 Å². The molecule has 2 aliphatic rings. The van der Waals surface area contributed by atoms with Crippen LogP contribution in [-0.2, 0) is 16.1 Å². The molecule has 11 heteroatoms. The van der Waals surface area contributed by atoms with E-state index in [1.165, 1.54) is 0 Å². The van der Waals surface area contributed by atoms with E-state index in [0.717, 1.165) is 4.90 Å². The number of ether oxygens (including phenoxy) is 2. The Morgan fingerprint density at radius 3 is 2.90 bits per heavy atom. The number of aryl methyl sites for hydroxylation is 1. The molecule has 3 heterocycles. The highest BCUT2D eigenvalue weighted by molar-refractivity contribution is 5.90. The molecule has 30 heavy (non-hydrogen) atoms. The zero-order valence-corrected chi connectivity index (χ0v) is 16.2. The van der Waals surface area contributed by atoms with Gasteiger partial charge in [-0.2, -0.15) is 0 Å². The number of halogens is 2. The van der Waals surface area contributed by atoms with Gasteiger partial charge in [-0.1, -0.05) is 0 Å². The Morgan fingerprint density at radius 2 is 2.17 bits per heavy atom. The Bertz CT molecular complexity index is 980. The number of hydrogen-bond donors (Lipinski definition) is 2. The number of aromatic nitrogens is 2. The van der Waals surface area contributed by atoms with E-state index in [4.69, 9.17) is 15.2 Å². The molecule has 2 aromatic rings. The van der Waals surface area contributed by atoms with Gasteiger partial charge in [-0.05, 0) is 25.5 Å². The fourth-order valence-corrected chi connectivity index (χ4v) is 3.44. The number of benzene rings is 1. The molecule has 0 spiro atoms. The van der Waals surface area contributed by atoms with Crippen LogP contribution in [0.15, 0.2) is 24.4 Å². The second-order valence-corrected chi connectivity index (χ2v) is 7.15. The highest BCUT2D eigenvalue weighted by Gasteiger charge is 2.42. The third-order valence-electron chi connectivity index (χ3n) is 5.04. The van der Waals surface area contributed by atoms with Crippen LogP contribution in [0.25, 0.3) is 11.4 Å². The summed E-state index contributed by atoms with van der Waals surface area (Å²) in [6, 6.07) is 3.28. The van der Waals surface area contributed by atoms with Gasteiger partial charge >= 0.3 is 6.09 Å². The topological polar surface area (TPSA) is 112 Å². The van der Waals surface area contributed by atoms with Crippen LogP contribution in [0.1, 0.15) is 13.3 Å². The molecular weight excluding hydrogens is 400 g/mol. The molecule has 0 radical (unpaired) electrons. The summed E-state index contributed by atoms with van der Waals surface area (Å²) in [4.78, 5) is 28.7. The van der Waals surface area contributed by atoms with Crippen LogP contribution in [0.3, 0.4) is 0 Å². The lowest BCUT2D eigenvalue weighted by atomic mass is 10.1. The third-order valence-corrected chi connectivity index (χ3v) is 5.04. The fourth-order valence-electron chi connectivity index (χ4n) is 3.44. The molecule has 1 aromatic carbocycles. The fraction of sp³-hybridized carbons (Fsp3) is 0.421. The van der Waals surface area contributed by atoms with Crippen molar-refractivity contribution in [3.63, 3.8) is 0 Å². The Morgan fingerprint density at radius 1 is 1.37 bits per heavy atom. The first kappa shape index (κ1) is 19.9. The van der Waals surface area contributed by atoms with Gasteiger partial charge in [0.1, 0.15) is 30.3 Å². The van der Waals surface area contributed by atoms with Gasteiger partial charge in [0.15, 0.2) is 5.82 Å². The summed E-state index contributed by atoms with van der Waals surface area (Å²) in [5, 5.41) is 2.99. The number of carbonyl (C=O) groups is 2. The second-order valence-electron chi connectivity index (χ2n) is 7.15. The molecule has 1 saturated heterocycles. The number of imidazole rings is 1. The van der Waals surface area contributed by atoms with Gasteiger partial charge in [0.2, 0.25) is 5.91 Å². The first-order valence-electron chi connectivity index (χ1n) is 9.49. The molecule has 0 saturated carbocycles. The van der Waals surface area contributed by atoms with Crippen molar-refractivity contribution in [3.05, 3.63) is 24.4 Å². The van der Waals surface area contributed by atoms with Crippen LogP contribution in [-0.4, -0.2) is 53.3 Å². The predicted octanol–water partition coefficient (Wildman–Crippen LogP) is 2.21. The molecule has 1 unspecified atom stereocenters. The lowest BCUT2D eigenvalue weighted by Crippen LogP contribution is -2.38. The van der Waals surface area contributed by atoms with E-state index in [2.05, 4.69) is 10.3 Å². The number of cyclic esters (lactones) is 1. The molecule has 3 N–H and O–H groups in total. The monoisotopic (exact) mass is 421 g/mol. The Kier molecular flexibility index (Phi) is 5.18. The van der Waals surface area contributed by atoms with E-state index >= 15 is 0 Å². The normalized spacial score (nSPS) is 19.3. The number of alkyl halides is 2. The molecule has 160 valence electrons. The van der Waals surface area contributed by atoms with Gasteiger partial charge < -0.3 is 25.1 Å². The SMILES string of the molecule is C[C@H](Nc1ccc2c(c1)OCCCn1cc(N3C(=O)OCC3C(F)F)nc1-2)C(N)=O. The van der Waals surface area contributed by atoms with Crippen LogP contribution < -0.4 is 20.7 Å². The molecule has 2 atom stereocenters. The molecule has 0 aliphatic carbocycles. The number of amides is 2. The Balaban J connectivity index is 1.71. The molecule has 0 bridgehead atoms.